The molecule has 3 aromatic rings. The van der Waals surface area contributed by atoms with Crippen LogP contribution in [-0.4, -0.2) is 21.1 Å². The fourth-order valence-electron chi connectivity index (χ4n) is 2.57. The number of nitrogens with zero attached hydrogens (tertiary/aromatic N) is 2. The Labute approximate surface area is 154 Å². The second-order valence-electron chi connectivity index (χ2n) is 5.64. The highest BCUT2D eigenvalue weighted by Gasteiger charge is 2.13. The molecule has 0 unspecified atom stereocenters. The largest absolute Gasteiger partial charge is 0.293 e. The van der Waals surface area contributed by atoms with Gasteiger partial charge in [-0.2, -0.15) is 0 Å². The number of para-hydroxylation sites is 1. The minimum Gasteiger partial charge on any atom is -0.293 e. The quantitative estimate of drug-likeness (QED) is 0.379. The number of rotatable bonds is 5. The van der Waals surface area contributed by atoms with E-state index in [-0.39, 0.29) is 17.1 Å². The van der Waals surface area contributed by atoms with Crippen LogP contribution in [0.25, 0.3) is 10.9 Å². The first-order chi connectivity index (χ1) is 12.0. The van der Waals surface area contributed by atoms with Crippen molar-refractivity contribution < 1.29 is 4.79 Å². The third-order valence-electron chi connectivity index (χ3n) is 3.96. The molecule has 0 bridgehead atoms. The van der Waals surface area contributed by atoms with Crippen LogP contribution >= 0.6 is 23.4 Å². The fraction of sp³-hybridized carbons (Fsp3) is 0.211. The van der Waals surface area contributed by atoms with E-state index < -0.39 is 0 Å². The molecule has 128 valence electrons. The van der Waals surface area contributed by atoms with Crippen LogP contribution in [0.3, 0.4) is 0 Å². The second-order valence-corrected chi connectivity index (χ2v) is 6.99. The lowest BCUT2D eigenvalue weighted by Crippen LogP contribution is -2.22. The molecule has 1 heterocycles. The summed E-state index contributed by atoms with van der Waals surface area (Å²) in [6.07, 6.45) is 0. The molecule has 0 aliphatic rings. The van der Waals surface area contributed by atoms with Crippen LogP contribution in [0.1, 0.15) is 22.8 Å². The molecular weight excluding hydrogens is 356 g/mol. The molecule has 25 heavy (non-hydrogen) atoms. The third kappa shape index (κ3) is 3.62. The van der Waals surface area contributed by atoms with Gasteiger partial charge in [-0.1, -0.05) is 35.5 Å². The fourth-order valence-corrected chi connectivity index (χ4v) is 3.64. The Morgan fingerprint density at radius 3 is 2.72 bits per heavy atom. The van der Waals surface area contributed by atoms with Crippen LogP contribution in [0.15, 0.2) is 52.4 Å². The summed E-state index contributed by atoms with van der Waals surface area (Å²) < 4.78 is 1.60. The molecule has 0 atom stereocenters. The summed E-state index contributed by atoms with van der Waals surface area (Å²) in [4.78, 5) is 29.6. The average Bonchev–Trinajstić information content (AvgIpc) is 2.62. The van der Waals surface area contributed by atoms with Crippen molar-refractivity contribution in [2.75, 3.05) is 5.75 Å². The van der Waals surface area contributed by atoms with Gasteiger partial charge in [-0.05, 0) is 49.7 Å². The lowest BCUT2D eigenvalue weighted by molar-refractivity contribution is 0.102. The van der Waals surface area contributed by atoms with Gasteiger partial charge < -0.3 is 0 Å². The van der Waals surface area contributed by atoms with Gasteiger partial charge in [0, 0.05) is 17.1 Å². The standard InChI is InChI=1S/C19H17ClN2O2S/c1-3-22-18(24)14-6-4-5-7-16(14)21-19(22)25-11-17(23)13-8-9-15(20)12(2)10-13/h4-10H,3,11H2,1-2H3. The van der Waals surface area contributed by atoms with Gasteiger partial charge in [0.25, 0.3) is 5.56 Å². The Hall–Kier alpha value is -2.11. The molecule has 1 aromatic heterocycles. The van der Waals surface area contributed by atoms with Gasteiger partial charge in [-0.3, -0.25) is 14.2 Å². The van der Waals surface area contributed by atoms with E-state index >= 15 is 0 Å². The number of halogens is 1. The minimum atomic E-state index is -0.0783. The predicted molar refractivity (Wildman–Crippen MR) is 103 cm³/mol. The van der Waals surface area contributed by atoms with Crippen molar-refractivity contribution in [3.63, 3.8) is 0 Å². The third-order valence-corrected chi connectivity index (χ3v) is 5.36. The molecule has 3 rings (SSSR count). The number of carbonyl (C=O) groups is 1. The molecule has 0 aliphatic heterocycles. The van der Waals surface area contributed by atoms with Crippen molar-refractivity contribution in [3.05, 3.63) is 69.0 Å². The molecule has 0 N–H and O–H groups in total. The highest BCUT2D eigenvalue weighted by Crippen LogP contribution is 2.21. The molecule has 0 spiro atoms. The Kier molecular flexibility index (Phi) is 5.25. The Morgan fingerprint density at radius 1 is 1.24 bits per heavy atom. The molecule has 0 fully saturated rings. The first kappa shape index (κ1) is 17.7. The lowest BCUT2D eigenvalue weighted by atomic mass is 10.1. The van der Waals surface area contributed by atoms with E-state index in [0.717, 1.165) is 5.56 Å². The van der Waals surface area contributed by atoms with E-state index in [4.69, 9.17) is 11.6 Å². The van der Waals surface area contributed by atoms with Gasteiger partial charge >= 0.3 is 0 Å². The van der Waals surface area contributed by atoms with E-state index in [9.17, 15) is 9.59 Å². The van der Waals surface area contributed by atoms with Crippen LogP contribution in [0.2, 0.25) is 5.02 Å². The summed E-state index contributed by atoms with van der Waals surface area (Å²) in [5.41, 5.74) is 2.05. The highest BCUT2D eigenvalue weighted by molar-refractivity contribution is 7.99. The zero-order valence-electron chi connectivity index (χ0n) is 14.0. The molecular formula is C19H17ClN2O2S. The van der Waals surface area contributed by atoms with Crippen molar-refractivity contribution >= 4 is 40.0 Å². The van der Waals surface area contributed by atoms with Crippen molar-refractivity contribution in [2.45, 2.75) is 25.5 Å². The van der Waals surface area contributed by atoms with Crippen LogP contribution in [0.4, 0.5) is 0 Å². The predicted octanol–water partition coefficient (Wildman–Crippen LogP) is 4.35. The first-order valence-electron chi connectivity index (χ1n) is 7.93. The molecule has 0 amide bonds. The molecule has 0 radical (unpaired) electrons. The van der Waals surface area contributed by atoms with Crippen LogP contribution in [0, 0.1) is 6.92 Å². The first-order valence-corrected chi connectivity index (χ1v) is 9.29. The molecule has 2 aromatic carbocycles. The highest BCUT2D eigenvalue weighted by atomic mass is 35.5. The number of aromatic nitrogens is 2. The summed E-state index contributed by atoms with van der Waals surface area (Å²) in [5.74, 6) is 0.195. The van der Waals surface area contributed by atoms with E-state index in [1.54, 1.807) is 28.8 Å². The molecule has 0 aliphatic carbocycles. The van der Waals surface area contributed by atoms with Crippen molar-refractivity contribution in [1.82, 2.24) is 9.55 Å². The van der Waals surface area contributed by atoms with Gasteiger partial charge in [0.1, 0.15) is 0 Å². The Balaban J connectivity index is 1.88. The number of Topliss-reactive ketones (excluding diaryl/α,β-unsaturated/α-hetero) is 1. The van der Waals surface area contributed by atoms with Crippen molar-refractivity contribution in [1.29, 1.82) is 0 Å². The van der Waals surface area contributed by atoms with E-state index in [2.05, 4.69) is 4.98 Å². The summed E-state index contributed by atoms with van der Waals surface area (Å²) in [7, 11) is 0. The zero-order valence-corrected chi connectivity index (χ0v) is 15.5. The molecule has 0 saturated carbocycles. The van der Waals surface area contributed by atoms with Crippen LogP contribution in [-0.2, 0) is 6.54 Å². The second kappa shape index (κ2) is 7.42. The van der Waals surface area contributed by atoms with Gasteiger partial charge in [-0.25, -0.2) is 4.98 Å². The normalized spacial score (nSPS) is 11.0. The number of aryl methyl sites for hydroxylation is 1. The summed E-state index contributed by atoms with van der Waals surface area (Å²) in [6.45, 7) is 4.27. The maximum absolute atomic E-state index is 12.6. The molecule has 6 heteroatoms. The van der Waals surface area contributed by atoms with Crippen molar-refractivity contribution in [2.24, 2.45) is 0 Å². The molecule has 4 nitrogen and oxygen atoms in total. The topological polar surface area (TPSA) is 52.0 Å². The number of thioether (sulfide) groups is 1. The maximum atomic E-state index is 12.6. The molecule has 0 saturated heterocycles. The van der Waals surface area contributed by atoms with Gasteiger partial charge in [0.2, 0.25) is 0 Å². The van der Waals surface area contributed by atoms with Crippen molar-refractivity contribution in [3.8, 4) is 0 Å². The number of ketones is 1. The lowest BCUT2D eigenvalue weighted by Gasteiger charge is -2.11. The summed E-state index contributed by atoms with van der Waals surface area (Å²) in [6, 6.07) is 12.5. The minimum absolute atomic E-state index is 0.0187. The number of carbonyl (C=O) groups excluding carboxylic acids is 1. The van der Waals surface area contributed by atoms with E-state index in [0.29, 0.717) is 33.2 Å². The monoisotopic (exact) mass is 372 g/mol. The van der Waals surface area contributed by atoms with E-state index in [1.807, 2.05) is 32.0 Å². The number of benzene rings is 2. The summed E-state index contributed by atoms with van der Waals surface area (Å²) in [5, 5.41) is 1.79. The van der Waals surface area contributed by atoms with Gasteiger partial charge in [0.15, 0.2) is 10.9 Å². The van der Waals surface area contributed by atoms with Crippen LogP contribution in [0.5, 0.6) is 0 Å². The maximum Gasteiger partial charge on any atom is 0.262 e. The Bertz CT molecular complexity index is 1010. The SMILES string of the molecule is CCn1c(SCC(=O)c2ccc(Cl)c(C)c2)nc2ccccc2c1=O. The van der Waals surface area contributed by atoms with E-state index in [1.165, 1.54) is 11.8 Å². The van der Waals surface area contributed by atoms with Crippen LogP contribution < -0.4 is 5.56 Å². The average molecular weight is 373 g/mol. The van der Waals surface area contributed by atoms with Gasteiger partial charge in [-0.15, -0.1) is 0 Å². The van der Waals surface area contributed by atoms with Gasteiger partial charge in [0.05, 0.1) is 16.7 Å². The number of hydrogen-bond acceptors (Lipinski definition) is 4. The smallest absolute Gasteiger partial charge is 0.262 e. The summed E-state index contributed by atoms with van der Waals surface area (Å²) >= 11 is 7.29. The Morgan fingerprint density at radius 2 is 2.00 bits per heavy atom. The number of hydrogen-bond donors (Lipinski definition) is 0. The zero-order chi connectivity index (χ0) is 18.0. The number of fused-ring (bicyclic) bond motifs is 1.